The molecule has 3 rings (SSSR count). The monoisotopic (exact) mass is 375 g/mol. The quantitative estimate of drug-likeness (QED) is 0.752. The number of rotatable bonds is 3. The van der Waals surface area contributed by atoms with Crippen molar-refractivity contribution in [3.63, 3.8) is 0 Å². The number of nitrogens with zero attached hydrogens (tertiary/aromatic N) is 1. The summed E-state index contributed by atoms with van der Waals surface area (Å²) in [6, 6.07) is 8.95. The van der Waals surface area contributed by atoms with Gasteiger partial charge in [0.05, 0.1) is 0 Å². The summed E-state index contributed by atoms with van der Waals surface area (Å²) in [5.74, 6) is 0.396. The van der Waals surface area contributed by atoms with E-state index < -0.39 is 20.0 Å². The number of aromatic nitrogens is 1. The van der Waals surface area contributed by atoms with Crippen molar-refractivity contribution in [2.75, 3.05) is 0 Å². The van der Waals surface area contributed by atoms with Gasteiger partial charge in [0.15, 0.2) is 0 Å². The van der Waals surface area contributed by atoms with Crippen molar-refractivity contribution >= 4 is 19.4 Å². The minimum absolute atomic E-state index is 0.106. The van der Waals surface area contributed by atoms with Gasteiger partial charge in [-0.15, -0.1) is 0 Å². The van der Waals surface area contributed by atoms with Crippen LogP contribution in [-0.4, -0.2) is 25.2 Å². The van der Waals surface area contributed by atoms with E-state index in [0.717, 1.165) is 32.1 Å². The van der Waals surface area contributed by atoms with E-state index in [-0.39, 0.29) is 10.4 Å². The van der Waals surface area contributed by atoms with Crippen molar-refractivity contribution in [2.45, 2.75) is 43.1 Å². The van der Waals surface area contributed by atoms with Gasteiger partial charge in [0.25, 0.3) is 0 Å². The Labute approximate surface area is 133 Å². The second-order valence-corrected chi connectivity index (χ2v) is 7.73. The molecule has 1 aliphatic rings. The molecule has 1 aliphatic carbocycles. The van der Waals surface area contributed by atoms with E-state index >= 15 is 0 Å². The van der Waals surface area contributed by atoms with Crippen molar-refractivity contribution in [1.82, 2.24) is 5.16 Å². The van der Waals surface area contributed by atoms with Gasteiger partial charge >= 0.3 is 133 Å². The van der Waals surface area contributed by atoms with Crippen LogP contribution in [0.3, 0.4) is 0 Å². The predicted molar refractivity (Wildman–Crippen MR) is 79.2 cm³/mol. The number of benzene rings is 1. The summed E-state index contributed by atoms with van der Waals surface area (Å²) in [6.07, 6.45) is 5.07. The molecule has 0 atom stereocenters. The summed E-state index contributed by atoms with van der Waals surface area (Å²) in [6.45, 7) is 0. The Hall–Kier alpha value is -1.26. The molecule has 0 spiro atoms. The summed E-state index contributed by atoms with van der Waals surface area (Å²) in [5.41, 5.74) is 1.20. The molecule has 0 unspecified atom stereocenters. The summed E-state index contributed by atoms with van der Waals surface area (Å²) < 4.78 is 44.7. The van der Waals surface area contributed by atoms with Crippen LogP contribution in [0.1, 0.15) is 43.7 Å². The Bertz CT molecular complexity index is 618. The van der Waals surface area contributed by atoms with Crippen molar-refractivity contribution in [2.24, 2.45) is 0 Å². The molecule has 1 heterocycles. The van der Waals surface area contributed by atoms with Crippen molar-refractivity contribution in [1.29, 1.82) is 0 Å². The van der Waals surface area contributed by atoms with E-state index in [1.165, 1.54) is 0 Å². The third-order valence-electron chi connectivity index (χ3n) is 3.92. The minimum atomic E-state index is -4.20. The topological polar surface area (TPSA) is 26.0 Å². The fourth-order valence-electron chi connectivity index (χ4n) is 2.92. The second-order valence-electron chi connectivity index (χ2n) is 5.47. The third-order valence-corrected chi connectivity index (χ3v) is 5.66. The van der Waals surface area contributed by atoms with Crippen LogP contribution in [0.4, 0.5) is 13.2 Å². The molecule has 2 aromatic rings. The SMILES string of the molecule is FC(F)(F)[Se]c1c(C2CCCCC2)noc1-c1ccccc1. The molecule has 0 saturated heterocycles. The summed E-state index contributed by atoms with van der Waals surface area (Å²) in [5, 5.41) is -0.162. The maximum absolute atomic E-state index is 13.0. The first-order valence-corrected chi connectivity index (χ1v) is 9.06. The van der Waals surface area contributed by atoms with Gasteiger partial charge in [0.2, 0.25) is 0 Å². The summed E-state index contributed by atoms with van der Waals surface area (Å²) in [4.78, 5) is 0. The molecule has 1 aromatic carbocycles. The molecule has 0 radical (unpaired) electrons. The Morgan fingerprint density at radius 2 is 1.73 bits per heavy atom. The molecule has 0 N–H and O–H groups in total. The molecule has 118 valence electrons. The number of halogens is 3. The van der Waals surface area contributed by atoms with Crippen LogP contribution in [-0.2, 0) is 0 Å². The average molecular weight is 374 g/mol. The van der Waals surface area contributed by atoms with Crippen LogP contribution < -0.4 is 4.46 Å². The summed E-state index contributed by atoms with van der Waals surface area (Å²) >= 11 is -1.63. The Kier molecular flexibility index (Phi) is 4.59. The van der Waals surface area contributed by atoms with Crippen LogP contribution in [0.5, 0.6) is 0 Å². The molecular weight excluding hydrogens is 358 g/mol. The third kappa shape index (κ3) is 3.55. The van der Waals surface area contributed by atoms with E-state index in [0.29, 0.717) is 17.0 Å². The van der Waals surface area contributed by atoms with Gasteiger partial charge < -0.3 is 0 Å². The first-order chi connectivity index (χ1) is 10.5. The van der Waals surface area contributed by atoms with Gasteiger partial charge in [-0.05, 0) is 0 Å². The van der Waals surface area contributed by atoms with Crippen molar-refractivity contribution in [3.8, 4) is 11.3 Å². The standard InChI is InChI=1S/C16H16F3NOSe/c17-16(18,19)22-15-13(11-7-3-1-4-8-11)20-21-14(15)12-9-5-2-6-10-12/h2,5-6,9-11H,1,3-4,7-8H2. The van der Waals surface area contributed by atoms with Crippen LogP contribution in [0.25, 0.3) is 11.3 Å². The fourth-order valence-corrected chi connectivity index (χ4v) is 4.57. The first kappa shape index (κ1) is 15.6. The fraction of sp³-hybridized carbons (Fsp3) is 0.438. The zero-order valence-electron chi connectivity index (χ0n) is 11.9. The molecule has 6 heteroatoms. The maximum atomic E-state index is 13.0. The molecular formula is C16H16F3NOSe. The normalized spacial score (nSPS) is 16.9. The van der Waals surface area contributed by atoms with E-state index in [2.05, 4.69) is 5.16 Å². The van der Waals surface area contributed by atoms with Crippen LogP contribution in [0.2, 0.25) is 0 Å². The summed E-state index contributed by atoms with van der Waals surface area (Å²) in [7, 11) is 0. The van der Waals surface area contributed by atoms with E-state index in [4.69, 9.17) is 4.52 Å². The van der Waals surface area contributed by atoms with Gasteiger partial charge in [0, 0.05) is 0 Å². The molecule has 0 aliphatic heterocycles. The Morgan fingerprint density at radius 3 is 2.36 bits per heavy atom. The van der Waals surface area contributed by atoms with Crippen molar-refractivity contribution < 1.29 is 17.7 Å². The molecule has 1 aromatic heterocycles. The number of hydrogen-bond acceptors (Lipinski definition) is 2. The zero-order chi connectivity index (χ0) is 15.6. The van der Waals surface area contributed by atoms with Gasteiger partial charge in [-0.3, -0.25) is 0 Å². The Morgan fingerprint density at radius 1 is 1.05 bits per heavy atom. The van der Waals surface area contributed by atoms with Crippen molar-refractivity contribution in [3.05, 3.63) is 36.0 Å². The zero-order valence-corrected chi connectivity index (χ0v) is 13.6. The molecule has 2 nitrogen and oxygen atoms in total. The van der Waals surface area contributed by atoms with Gasteiger partial charge in [0.1, 0.15) is 0 Å². The van der Waals surface area contributed by atoms with E-state index in [9.17, 15) is 13.2 Å². The van der Waals surface area contributed by atoms with Crippen LogP contribution in [0, 0.1) is 0 Å². The van der Waals surface area contributed by atoms with Gasteiger partial charge in [-0.1, -0.05) is 0 Å². The molecule has 22 heavy (non-hydrogen) atoms. The molecule has 1 saturated carbocycles. The molecule has 0 amide bonds. The van der Waals surface area contributed by atoms with Crippen LogP contribution >= 0.6 is 0 Å². The second kappa shape index (κ2) is 6.47. The number of hydrogen-bond donors (Lipinski definition) is 0. The molecule has 1 fully saturated rings. The average Bonchev–Trinajstić information content (AvgIpc) is 2.90. The number of alkyl halides is 3. The van der Waals surface area contributed by atoms with Gasteiger partial charge in [-0.2, -0.15) is 0 Å². The van der Waals surface area contributed by atoms with Crippen LogP contribution in [0.15, 0.2) is 34.9 Å². The van der Waals surface area contributed by atoms with E-state index in [1.54, 1.807) is 24.3 Å². The Balaban J connectivity index is 2.01. The van der Waals surface area contributed by atoms with Gasteiger partial charge in [-0.25, -0.2) is 0 Å². The molecule has 0 bridgehead atoms. The van der Waals surface area contributed by atoms with E-state index in [1.807, 2.05) is 6.07 Å². The predicted octanol–water partition coefficient (Wildman–Crippen LogP) is 4.24. The first-order valence-electron chi connectivity index (χ1n) is 7.35.